The van der Waals surface area contributed by atoms with Gasteiger partial charge in [-0.05, 0) is 50.2 Å². The Bertz CT molecular complexity index is 769. The van der Waals surface area contributed by atoms with E-state index in [1.54, 1.807) is 50.2 Å². The monoisotopic (exact) mass is 374 g/mol. The maximum atomic E-state index is 12.9. The molecule has 0 aliphatic carbocycles. The average Bonchev–Trinajstić information content (AvgIpc) is 2.63. The molecule has 1 N–H and O–H groups in total. The second kappa shape index (κ2) is 7.46. The van der Waals surface area contributed by atoms with E-state index >= 15 is 0 Å². The van der Waals surface area contributed by atoms with Crippen molar-refractivity contribution < 1.29 is 14.6 Å². The molecule has 1 fully saturated rings. The minimum atomic E-state index is -0.967. The van der Waals surface area contributed by atoms with E-state index in [0.29, 0.717) is 37.0 Å². The molecule has 0 bridgehead atoms. The highest BCUT2D eigenvalue weighted by Gasteiger charge is 2.36. The number of para-hydroxylation sites is 2. The van der Waals surface area contributed by atoms with Crippen LogP contribution in [0.2, 0.25) is 5.02 Å². The number of benzene rings is 2. The van der Waals surface area contributed by atoms with Gasteiger partial charge in [0.25, 0.3) is 5.91 Å². The Morgan fingerprint density at radius 3 is 2.27 bits per heavy atom. The van der Waals surface area contributed by atoms with Crippen molar-refractivity contribution >= 4 is 23.2 Å². The smallest absolute Gasteiger partial charge is 0.266 e. The second-order valence-corrected chi connectivity index (χ2v) is 7.27. The number of phenols is 1. The number of nitrogens with zero attached hydrogens (tertiary/aromatic N) is 2. The first-order valence-corrected chi connectivity index (χ1v) is 9.01. The molecule has 1 heterocycles. The number of amides is 1. The number of ether oxygens (including phenoxy) is 1. The fourth-order valence-electron chi connectivity index (χ4n) is 3.10. The number of carbonyl (C=O) groups excluding carboxylic acids is 1. The van der Waals surface area contributed by atoms with E-state index < -0.39 is 5.60 Å². The van der Waals surface area contributed by atoms with Crippen molar-refractivity contribution in [1.29, 1.82) is 0 Å². The van der Waals surface area contributed by atoms with Gasteiger partial charge in [0.05, 0.1) is 5.69 Å². The van der Waals surface area contributed by atoms with Gasteiger partial charge in [-0.2, -0.15) is 0 Å². The Labute approximate surface area is 158 Å². The van der Waals surface area contributed by atoms with Crippen LogP contribution in [0.5, 0.6) is 11.5 Å². The number of hydrogen-bond acceptors (Lipinski definition) is 4. The summed E-state index contributed by atoms with van der Waals surface area (Å²) in [6, 6.07) is 14.3. The maximum Gasteiger partial charge on any atom is 0.266 e. The van der Waals surface area contributed by atoms with Crippen LogP contribution in [-0.2, 0) is 4.79 Å². The molecular formula is C20H23ClN2O3. The van der Waals surface area contributed by atoms with Gasteiger partial charge in [-0.25, -0.2) is 0 Å². The van der Waals surface area contributed by atoms with Crippen LogP contribution < -0.4 is 9.64 Å². The number of aromatic hydroxyl groups is 1. The van der Waals surface area contributed by atoms with Crippen LogP contribution in [0.4, 0.5) is 5.69 Å². The van der Waals surface area contributed by atoms with Gasteiger partial charge in [0.1, 0.15) is 11.5 Å². The number of phenolic OH excluding ortho intramolecular Hbond substituents is 1. The van der Waals surface area contributed by atoms with E-state index in [-0.39, 0.29) is 11.7 Å². The topological polar surface area (TPSA) is 53.0 Å². The van der Waals surface area contributed by atoms with Crippen LogP contribution in [0.25, 0.3) is 0 Å². The zero-order valence-electron chi connectivity index (χ0n) is 15.0. The highest BCUT2D eigenvalue weighted by Crippen LogP contribution is 2.28. The first kappa shape index (κ1) is 18.4. The molecular weight excluding hydrogens is 352 g/mol. The van der Waals surface area contributed by atoms with Gasteiger partial charge in [0, 0.05) is 31.2 Å². The Kier molecular flexibility index (Phi) is 5.28. The van der Waals surface area contributed by atoms with Crippen LogP contribution in [-0.4, -0.2) is 47.7 Å². The number of piperazine rings is 1. The van der Waals surface area contributed by atoms with Crippen LogP contribution in [0.3, 0.4) is 0 Å². The van der Waals surface area contributed by atoms with Gasteiger partial charge in [0.15, 0.2) is 5.60 Å². The second-order valence-electron chi connectivity index (χ2n) is 6.83. The first-order chi connectivity index (χ1) is 12.4. The van der Waals surface area contributed by atoms with Crippen LogP contribution >= 0.6 is 11.6 Å². The Balaban J connectivity index is 1.62. The fraction of sp³-hybridized carbons (Fsp3) is 0.350. The summed E-state index contributed by atoms with van der Waals surface area (Å²) in [5, 5.41) is 10.6. The molecule has 1 aliphatic heterocycles. The van der Waals surface area contributed by atoms with Gasteiger partial charge < -0.3 is 19.6 Å². The molecule has 2 aromatic rings. The summed E-state index contributed by atoms with van der Waals surface area (Å²) >= 11 is 5.89. The maximum absolute atomic E-state index is 12.9. The SMILES string of the molecule is CC(C)(Oc1ccc(Cl)cc1)C(=O)N1CCN(c2ccccc2O)CC1. The van der Waals surface area contributed by atoms with Gasteiger partial charge in [-0.3, -0.25) is 4.79 Å². The van der Waals surface area contributed by atoms with Gasteiger partial charge in [-0.15, -0.1) is 0 Å². The van der Waals surface area contributed by atoms with Crippen molar-refractivity contribution in [1.82, 2.24) is 4.90 Å². The third-order valence-electron chi connectivity index (χ3n) is 4.49. The Hall–Kier alpha value is -2.40. The van der Waals surface area contributed by atoms with E-state index in [2.05, 4.69) is 4.90 Å². The van der Waals surface area contributed by atoms with Crippen molar-refractivity contribution in [3.05, 3.63) is 53.6 Å². The van der Waals surface area contributed by atoms with Gasteiger partial charge in [0.2, 0.25) is 0 Å². The van der Waals surface area contributed by atoms with Crippen molar-refractivity contribution in [2.75, 3.05) is 31.1 Å². The van der Waals surface area contributed by atoms with Gasteiger partial charge >= 0.3 is 0 Å². The lowest BCUT2D eigenvalue weighted by atomic mass is 10.1. The van der Waals surface area contributed by atoms with Crippen LogP contribution in [0, 0.1) is 0 Å². The van der Waals surface area contributed by atoms with E-state index in [1.165, 1.54) is 0 Å². The van der Waals surface area contributed by atoms with Crippen molar-refractivity contribution in [3.8, 4) is 11.5 Å². The lowest BCUT2D eigenvalue weighted by Gasteiger charge is -2.39. The van der Waals surface area contributed by atoms with Gasteiger partial charge in [-0.1, -0.05) is 23.7 Å². The number of rotatable bonds is 4. The number of anilines is 1. The molecule has 0 radical (unpaired) electrons. The molecule has 6 heteroatoms. The molecule has 0 unspecified atom stereocenters. The number of carbonyl (C=O) groups is 1. The molecule has 0 spiro atoms. The summed E-state index contributed by atoms with van der Waals surface area (Å²) < 4.78 is 5.90. The zero-order valence-corrected chi connectivity index (χ0v) is 15.7. The number of halogens is 1. The molecule has 5 nitrogen and oxygen atoms in total. The molecule has 0 aromatic heterocycles. The summed E-state index contributed by atoms with van der Waals surface area (Å²) in [5.74, 6) is 0.823. The van der Waals surface area contributed by atoms with Crippen molar-refractivity contribution in [3.63, 3.8) is 0 Å². The van der Waals surface area contributed by atoms with E-state index in [1.807, 2.05) is 17.0 Å². The largest absolute Gasteiger partial charge is 0.506 e. The summed E-state index contributed by atoms with van der Waals surface area (Å²) in [6.07, 6.45) is 0. The summed E-state index contributed by atoms with van der Waals surface area (Å²) in [6.45, 7) is 6.06. The minimum absolute atomic E-state index is 0.0515. The quantitative estimate of drug-likeness (QED) is 0.889. The van der Waals surface area contributed by atoms with Crippen LogP contribution in [0.1, 0.15) is 13.8 Å². The minimum Gasteiger partial charge on any atom is -0.506 e. The molecule has 0 saturated carbocycles. The molecule has 1 saturated heterocycles. The molecule has 2 aromatic carbocycles. The lowest BCUT2D eigenvalue weighted by molar-refractivity contribution is -0.145. The summed E-state index contributed by atoms with van der Waals surface area (Å²) in [4.78, 5) is 16.8. The summed E-state index contributed by atoms with van der Waals surface area (Å²) in [7, 11) is 0. The van der Waals surface area contributed by atoms with E-state index in [4.69, 9.17) is 16.3 Å². The molecule has 1 amide bonds. The third kappa shape index (κ3) is 4.05. The normalized spacial score (nSPS) is 15.0. The molecule has 1 aliphatic rings. The highest BCUT2D eigenvalue weighted by atomic mass is 35.5. The fourth-order valence-corrected chi connectivity index (χ4v) is 3.23. The van der Waals surface area contributed by atoms with Crippen LogP contribution in [0.15, 0.2) is 48.5 Å². The predicted molar refractivity (Wildman–Crippen MR) is 103 cm³/mol. The van der Waals surface area contributed by atoms with Crippen molar-refractivity contribution in [2.24, 2.45) is 0 Å². The number of hydrogen-bond donors (Lipinski definition) is 1. The lowest BCUT2D eigenvalue weighted by Crippen LogP contribution is -2.55. The van der Waals surface area contributed by atoms with E-state index in [9.17, 15) is 9.90 Å². The molecule has 0 atom stereocenters. The molecule has 3 rings (SSSR count). The standard InChI is InChI=1S/C20H23ClN2O3/c1-20(2,26-16-9-7-15(21)8-10-16)19(25)23-13-11-22(12-14-23)17-5-3-4-6-18(17)24/h3-10,24H,11-14H2,1-2H3. The zero-order chi connectivity index (χ0) is 18.7. The first-order valence-electron chi connectivity index (χ1n) is 8.64. The highest BCUT2D eigenvalue weighted by molar-refractivity contribution is 6.30. The molecule has 26 heavy (non-hydrogen) atoms. The molecule has 138 valence electrons. The Morgan fingerprint density at radius 1 is 1.04 bits per heavy atom. The van der Waals surface area contributed by atoms with E-state index in [0.717, 1.165) is 5.69 Å². The average molecular weight is 375 g/mol. The third-order valence-corrected chi connectivity index (χ3v) is 4.74. The summed E-state index contributed by atoms with van der Waals surface area (Å²) in [5.41, 5.74) is -0.165. The van der Waals surface area contributed by atoms with Crippen molar-refractivity contribution in [2.45, 2.75) is 19.4 Å². The Morgan fingerprint density at radius 2 is 1.65 bits per heavy atom. The predicted octanol–water partition coefficient (Wildman–Crippen LogP) is 3.55.